The molecular weight excluding hydrogens is 502 g/mol. The van der Waals surface area contributed by atoms with Crippen molar-refractivity contribution in [1.29, 1.82) is 0 Å². The Morgan fingerprint density at radius 2 is 1.42 bits per heavy atom. The second-order valence-corrected chi connectivity index (χ2v) is 8.37. The van der Waals surface area contributed by atoms with E-state index < -0.39 is 72.6 Å². The zero-order valence-corrected chi connectivity index (χ0v) is 20.1. The Balaban J connectivity index is 2.27. The average molecular weight is 532 g/mol. The van der Waals surface area contributed by atoms with Crippen molar-refractivity contribution >= 4 is 35.6 Å². The molecule has 0 fully saturated rings. The third-order valence-electron chi connectivity index (χ3n) is 5.28. The van der Waals surface area contributed by atoms with Crippen LogP contribution in [-0.4, -0.2) is 79.9 Å². The molecule has 0 aliphatic carbocycles. The van der Waals surface area contributed by atoms with Gasteiger partial charge in [0.05, 0.1) is 25.2 Å². The minimum atomic E-state index is -1.76. The second kappa shape index (κ2) is 14.1. The number of nitrogens with one attached hydrogen (secondary N) is 4. The molecule has 0 radical (unpaired) electrons. The fourth-order valence-electron chi connectivity index (χ4n) is 3.39. The van der Waals surface area contributed by atoms with Crippen LogP contribution in [0.25, 0.3) is 0 Å². The summed E-state index contributed by atoms with van der Waals surface area (Å²) in [4.78, 5) is 79.0. The van der Waals surface area contributed by atoms with Crippen LogP contribution in [-0.2, 0) is 41.6 Å². The number of carboxylic acids is 2. The van der Waals surface area contributed by atoms with E-state index >= 15 is 0 Å². The van der Waals surface area contributed by atoms with Gasteiger partial charge in [-0.2, -0.15) is 0 Å². The number of aromatic nitrogens is 2. The average Bonchev–Trinajstić information content (AvgIpc) is 3.35. The Hall–Kier alpha value is -4.79. The molecule has 0 aliphatic rings. The van der Waals surface area contributed by atoms with E-state index in [9.17, 15) is 33.9 Å². The molecular formula is C23H29N7O8. The number of carbonyl (C=O) groups is 6. The van der Waals surface area contributed by atoms with Crippen LogP contribution in [0, 0.1) is 0 Å². The van der Waals surface area contributed by atoms with Crippen LogP contribution >= 0.6 is 0 Å². The lowest BCUT2D eigenvalue weighted by molar-refractivity contribution is -0.147. The minimum Gasteiger partial charge on any atom is -0.481 e. The lowest BCUT2D eigenvalue weighted by Gasteiger charge is -2.25. The van der Waals surface area contributed by atoms with Crippen LogP contribution in [0.4, 0.5) is 0 Å². The number of rotatable bonds is 15. The maximum absolute atomic E-state index is 13.3. The highest BCUT2D eigenvalue weighted by Gasteiger charge is 2.32. The standard InChI is InChI=1S/C23H29N7O8/c24-14(8-18(25)31)20(34)28-15(6-12-4-2-1-3-5-12)21(35)29-16(7-13-10-26-11-27-13)22(36)30-17(23(37)38)9-19(32)33/h1-5,10-11,14-17H,6-9,24H2,(H2,25,31)(H,26,27)(H,28,34)(H,29,35)(H,30,36)(H,32,33)(H,37,38). The van der Waals surface area contributed by atoms with Gasteiger partial charge in [0.15, 0.2) is 0 Å². The van der Waals surface area contributed by atoms with Crippen LogP contribution in [0.5, 0.6) is 0 Å². The van der Waals surface area contributed by atoms with Gasteiger partial charge in [-0.3, -0.25) is 24.0 Å². The van der Waals surface area contributed by atoms with Crippen molar-refractivity contribution in [3.63, 3.8) is 0 Å². The summed E-state index contributed by atoms with van der Waals surface area (Å²) in [6.07, 6.45) is 1.17. The van der Waals surface area contributed by atoms with Crippen LogP contribution in [0.1, 0.15) is 24.1 Å². The Labute approximate surface area is 216 Å². The monoisotopic (exact) mass is 531 g/mol. The van der Waals surface area contributed by atoms with E-state index in [0.29, 0.717) is 11.3 Å². The van der Waals surface area contributed by atoms with Crippen LogP contribution in [0.15, 0.2) is 42.9 Å². The number of primary amides is 1. The van der Waals surface area contributed by atoms with Gasteiger partial charge in [0.25, 0.3) is 0 Å². The number of benzene rings is 1. The highest BCUT2D eigenvalue weighted by molar-refractivity contribution is 5.95. The van der Waals surface area contributed by atoms with Crippen molar-refractivity contribution in [2.24, 2.45) is 11.5 Å². The molecule has 0 saturated heterocycles. The molecule has 0 bridgehead atoms. The topological polar surface area (TPSA) is 260 Å². The Morgan fingerprint density at radius 3 is 1.95 bits per heavy atom. The molecule has 4 atom stereocenters. The van der Waals surface area contributed by atoms with Crippen molar-refractivity contribution in [2.75, 3.05) is 0 Å². The summed E-state index contributed by atoms with van der Waals surface area (Å²) in [5.74, 6) is -6.48. The van der Waals surface area contributed by atoms with E-state index in [1.165, 1.54) is 12.5 Å². The van der Waals surface area contributed by atoms with Crippen molar-refractivity contribution < 1.29 is 39.0 Å². The number of hydrogen-bond donors (Lipinski definition) is 8. The maximum atomic E-state index is 13.3. The number of aliphatic carboxylic acids is 2. The SMILES string of the molecule is NC(=O)CC(N)C(=O)NC(Cc1ccccc1)C(=O)NC(Cc1cnc[nH]1)C(=O)NC(CC(=O)O)C(=O)O. The number of carbonyl (C=O) groups excluding carboxylic acids is 4. The number of nitrogens with zero attached hydrogens (tertiary/aromatic N) is 1. The molecule has 0 aliphatic heterocycles. The summed E-state index contributed by atoms with van der Waals surface area (Å²) >= 11 is 0. The molecule has 2 rings (SSSR count). The van der Waals surface area contributed by atoms with Crippen molar-refractivity contribution in [1.82, 2.24) is 25.9 Å². The van der Waals surface area contributed by atoms with Crippen molar-refractivity contribution in [3.05, 3.63) is 54.1 Å². The quantitative estimate of drug-likeness (QED) is 0.119. The fourth-order valence-corrected chi connectivity index (χ4v) is 3.39. The normalized spacial score (nSPS) is 13.8. The molecule has 1 heterocycles. The number of amides is 4. The van der Waals surface area contributed by atoms with Crippen LogP contribution in [0.3, 0.4) is 0 Å². The van der Waals surface area contributed by atoms with Gasteiger partial charge in [-0.25, -0.2) is 9.78 Å². The first-order valence-corrected chi connectivity index (χ1v) is 11.4. The third-order valence-corrected chi connectivity index (χ3v) is 5.28. The molecule has 10 N–H and O–H groups in total. The summed E-state index contributed by atoms with van der Waals surface area (Å²) in [5, 5.41) is 25.3. The Bertz CT molecular complexity index is 1140. The largest absolute Gasteiger partial charge is 0.481 e. The smallest absolute Gasteiger partial charge is 0.326 e. The molecule has 1 aromatic carbocycles. The second-order valence-electron chi connectivity index (χ2n) is 8.37. The van der Waals surface area contributed by atoms with Crippen molar-refractivity contribution in [3.8, 4) is 0 Å². The predicted molar refractivity (Wildman–Crippen MR) is 130 cm³/mol. The summed E-state index contributed by atoms with van der Waals surface area (Å²) in [6.45, 7) is 0. The summed E-state index contributed by atoms with van der Waals surface area (Å²) in [6, 6.07) is 2.87. The predicted octanol–water partition coefficient (Wildman–Crippen LogP) is -2.59. The minimum absolute atomic E-state index is 0.0170. The van der Waals surface area contributed by atoms with Gasteiger partial charge >= 0.3 is 11.9 Å². The first-order chi connectivity index (χ1) is 18.0. The van der Waals surface area contributed by atoms with E-state index in [2.05, 4.69) is 25.9 Å². The Morgan fingerprint density at radius 1 is 0.842 bits per heavy atom. The first kappa shape index (κ1) is 29.4. The van der Waals surface area contributed by atoms with Gasteiger partial charge in [-0.1, -0.05) is 30.3 Å². The van der Waals surface area contributed by atoms with E-state index in [1.54, 1.807) is 30.3 Å². The van der Waals surface area contributed by atoms with E-state index in [0.717, 1.165) is 0 Å². The lowest BCUT2D eigenvalue weighted by Crippen LogP contribution is -2.58. The first-order valence-electron chi connectivity index (χ1n) is 11.4. The molecule has 1 aromatic heterocycles. The van der Waals surface area contributed by atoms with Gasteiger partial charge in [0.1, 0.15) is 18.1 Å². The third kappa shape index (κ3) is 9.69. The van der Waals surface area contributed by atoms with Gasteiger partial charge in [0.2, 0.25) is 23.6 Å². The Kier molecular flexibility index (Phi) is 10.9. The van der Waals surface area contributed by atoms with Crippen LogP contribution in [0.2, 0.25) is 0 Å². The van der Waals surface area contributed by atoms with Gasteiger partial charge < -0.3 is 42.6 Å². The molecule has 4 amide bonds. The molecule has 15 heteroatoms. The van der Waals surface area contributed by atoms with E-state index in [4.69, 9.17) is 16.6 Å². The number of nitrogens with two attached hydrogens (primary N) is 2. The molecule has 0 spiro atoms. The van der Waals surface area contributed by atoms with E-state index in [-0.39, 0.29) is 12.8 Å². The highest BCUT2D eigenvalue weighted by Crippen LogP contribution is 2.07. The number of aromatic amines is 1. The summed E-state index contributed by atoms with van der Waals surface area (Å²) < 4.78 is 0. The van der Waals surface area contributed by atoms with Gasteiger partial charge in [-0.05, 0) is 5.56 Å². The van der Waals surface area contributed by atoms with Gasteiger partial charge in [-0.15, -0.1) is 0 Å². The number of hydrogen-bond acceptors (Lipinski definition) is 8. The summed E-state index contributed by atoms with van der Waals surface area (Å²) in [5.41, 5.74) is 11.8. The molecule has 2 aromatic rings. The molecule has 15 nitrogen and oxygen atoms in total. The number of H-pyrrole nitrogens is 1. The zero-order chi connectivity index (χ0) is 28.2. The zero-order valence-electron chi connectivity index (χ0n) is 20.1. The lowest BCUT2D eigenvalue weighted by atomic mass is 10.0. The van der Waals surface area contributed by atoms with E-state index in [1.807, 2.05) is 0 Å². The fraction of sp³-hybridized carbons (Fsp3) is 0.348. The highest BCUT2D eigenvalue weighted by atomic mass is 16.4. The number of carboxylic acid groups (broad SMARTS) is 2. The van der Waals surface area contributed by atoms with Crippen molar-refractivity contribution in [2.45, 2.75) is 49.9 Å². The molecule has 204 valence electrons. The van der Waals surface area contributed by atoms with Gasteiger partial charge in [0, 0.05) is 24.7 Å². The molecule has 38 heavy (non-hydrogen) atoms. The maximum Gasteiger partial charge on any atom is 0.326 e. The summed E-state index contributed by atoms with van der Waals surface area (Å²) in [7, 11) is 0. The molecule has 0 saturated carbocycles. The number of imidazole rings is 1. The van der Waals surface area contributed by atoms with Crippen LogP contribution < -0.4 is 27.4 Å². The molecule has 4 unspecified atom stereocenters.